The SMILES string of the molecule is Cc1cc(CN2CCCc3c2n[nH]c3C)c(C)nn1. The van der Waals surface area contributed by atoms with E-state index in [1.165, 1.54) is 23.2 Å². The number of aromatic nitrogens is 4. The molecule has 0 atom stereocenters. The van der Waals surface area contributed by atoms with Crippen LogP contribution in [0, 0.1) is 20.8 Å². The van der Waals surface area contributed by atoms with E-state index in [4.69, 9.17) is 0 Å². The average molecular weight is 257 g/mol. The van der Waals surface area contributed by atoms with Gasteiger partial charge in [0.05, 0.1) is 11.4 Å². The van der Waals surface area contributed by atoms with Gasteiger partial charge in [0.1, 0.15) is 0 Å². The van der Waals surface area contributed by atoms with Crippen molar-refractivity contribution in [1.29, 1.82) is 0 Å². The van der Waals surface area contributed by atoms with Crippen molar-refractivity contribution in [3.63, 3.8) is 0 Å². The molecule has 1 N–H and O–H groups in total. The van der Waals surface area contributed by atoms with Crippen LogP contribution in [0.25, 0.3) is 0 Å². The van der Waals surface area contributed by atoms with Gasteiger partial charge in [-0.15, -0.1) is 0 Å². The summed E-state index contributed by atoms with van der Waals surface area (Å²) in [7, 11) is 0. The fraction of sp³-hybridized carbons (Fsp3) is 0.500. The summed E-state index contributed by atoms with van der Waals surface area (Å²) >= 11 is 0. The monoisotopic (exact) mass is 257 g/mol. The van der Waals surface area contributed by atoms with Crippen LogP contribution in [0.5, 0.6) is 0 Å². The molecule has 0 saturated carbocycles. The minimum Gasteiger partial charge on any atom is -0.351 e. The third kappa shape index (κ3) is 2.20. The second-order valence-electron chi connectivity index (χ2n) is 5.27. The average Bonchev–Trinajstić information content (AvgIpc) is 2.77. The smallest absolute Gasteiger partial charge is 0.154 e. The van der Waals surface area contributed by atoms with E-state index in [0.717, 1.165) is 36.7 Å². The number of aryl methyl sites for hydroxylation is 3. The fourth-order valence-corrected chi connectivity index (χ4v) is 2.68. The van der Waals surface area contributed by atoms with Crippen LogP contribution in [-0.2, 0) is 13.0 Å². The number of hydrogen-bond donors (Lipinski definition) is 1. The molecule has 2 aromatic rings. The lowest BCUT2D eigenvalue weighted by Crippen LogP contribution is -2.29. The van der Waals surface area contributed by atoms with Gasteiger partial charge in [0, 0.05) is 24.3 Å². The number of fused-ring (bicyclic) bond motifs is 1. The molecule has 2 aromatic heterocycles. The Hall–Kier alpha value is -1.91. The van der Waals surface area contributed by atoms with Gasteiger partial charge in [0.15, 0.2) is 5.82 Å². The van der Waals surface area contributed by atoms with Gasteiger partial charge < -0.3 is 4.90 Å². The van der Waals surface area contributed by atoms with E-state index < -0.39 is 0 Å². The van der Waals surface area contributed by atoms with Gasteiger partial charge in [-0.2, -0.15) is 15.3 Å². The molecule has 0 aliphatic carbocycles. The first-order chi connectivity index (χ1) is 9.15. The third-order valence-electron chi connectivity index (χ3n) is 3.77. The van der Waals surface area contributed by atoms with Crippen molar-refractivity contribution in [2.45, 2.75) is 40.2 Å². The molecule has 1 aliphatic rings. The highest BCUT2D eigenvalue weighted by atomic mass is 15.3. The van der Waals surface area contributed by atoms with Crippen LogP contribution in [0.4, 0.5) is 5.82 Å². The van der Waals surface area contributed by atoms with Crippen molar-refractivity contribution in [2.24, 2.45) is 0 Å². The van der Waals surface area contributed by atoms with Crippen LogP contribution in [0.1, 0.15) is 34.6 Å². The zero-order valence-corrected chi connectivity index (χ0v) is 11.7. The summed E-state index contributed by atoms with van der Waals surface area (Å²) in [5, 5.41) is 15.8. The molecule has 0 spiro atoms. The van der Waals surface area contributed by atoms with E-state index in [0.29, 0.717) is 0 Å². The van der Waals surface area contributed by atoms with E-state index >= 15 is 0 Å². The van der Waals surface area contributed by atoms with Crippen molar-refractivity contribution in [2.75, 3.05) is 11.4 Å². The molecule has 0 fully saturated rings. The van der Waals surface area contributed by atoms with Crippen LogP contribution in [0.3, 0.4) is 0 Å². The number of hydrogen-bond acceptors (Lipinski definition) is 4. The Morgan fingerprint density at radius 2 is 2.11 bits per heavy atom. The standard InChI is InChI=1S/C14H19N5/c1-9-7-12(10(2)16-15-9)8-19-6-4-5-13-11(3)17-18-14(13)19/h7H,4-6,8H2,1-3H3,(H,17,18). The van der Waals surface area contributed by atoms with Crippen LogP contribution >= 0.6 is 0 Å². The quantitative estimate of drug-likeness (QED) is 0.895. The molecule has 3 heterocycles. The maximum absolute atomic E-state index is 4.45. The molecule has 3 rings (SSSR count). The number of nitrogens with one attached hydrogen (secondary N) is 1. The van der Waals surface area contributed by atoms with Crippen LogP contribution in [-0.4, -0.2) is 26.9 Å². The van der Waals surface area contributed by atoms with Crippen molar-refractivity contribution in [3.8, 4) is 0 Å². The molecule has 0 radical (unpaired) electrons. The van der Waals surface area contributed by atoms with E-state index in [1.807, 2.05) is 13.8 Å². The van der Waals surface area contributed by atoms with Gasteiger partial charge in [-0.3, -0.25) is 5.10 Å². The fourth-order valence-electron chi connectivity index (χ4n) is 2.68. The Labute approximate surface area is 113 Å². The summed E-state index contributed by atoms with van der Waals surface area (Å²) < 4.78 is 0. The molecule has 1 aliphatic heterocycles. The number of anilines is 1. The highest BCUT2D eigenvalue weighted by Gasteiger charge is 2.22. The second kappa shape index (κ2) is 4.64. The van der Waals surface area contributed by atoms with Crippen LogP contribution in [0.2, 0.25) is 0 Å². The van der Waals surface area contributed by atoms with Gasteiger partial charge in [0.25, 0.3) is 0 Å². The number of H-pyrrole nitrogens is 1. The van der Waals surface area contributed by atoms with Gasteiger partial charge in [0.2, 0.25) is 0 Å². The van der Waals surface area contributed by atoms with E-state index in [-0.39, 0.29) is 0 Å². The van der Waals surface area contributed by atoms with Gasteiger partial charge >= 0.3 is 0 Å². The third-order valence-corrected chi connectivity index (χ3v) is 3.77. The van der Waals surface area contributed by atoms with Crippen molar-refractivity contribution < 1.29 is 0 Å². The van der Waals surface area contributed by atoms with Crippen molar-refractivity contribution >= 4 is 5.82 Å². The Morgan fingerprint density at radius 1 is 1.26 bits per heavy atom. The minimum atomic E-state index is 0.861. The van der Waals surface area contributed by atoms with Gasteiger partial charge in [-0.25, -0.2) is 0 Å². The summed E-state index contributed by atoms with van der Waals surface area (Å²) in [6.07, 6.45) is 2.31. The molecule has 0 aromatic carbocycles. The summed E-state index contributed by atoms with van der Waals surface area (Å²) in [5.41, 5.74) is 5.77. The molecular weight excluding hydrogens is 238 g/mol. The zero-order chi connectivity index (χ0) is 13.4. The van der Waals surface area contributed by atoms with E-state index in [2.05, 4.69) is 38.3 Å². The topological polar surface area (TPSA) is 57.7 Å². The molecular formula is C14H19N5. The number of aromatic amines is 1. The summed E-state index contributed by atoms with van der Waals surface area (Å²) in [6, 6.07) is 2.12. The van der Waals surface area contributed by atoms with Gasteiger partial charge in [-0.05, 0) is 45.2 Å². The second-order valence-corrected chi connectivity index (χ2v) is 5.27. The maximum atomic E-state index is 4.45. The first-order valence-corrected chi connectivity index (χ1v) is 6.73. The first kappa shape index (κ1) is 12.1. The molecule has 19 heavy (non-hydrogen) atoms. The molecule has 5 nitrogen and oxygen atoms in total. The predicted octanol–water partition coefficient (Wildman–Crippen LogP) is 2.08. The van der Waals surface area contributed by atoms with Crippen molar-refractivity contribution in [3.05, 3.63) is 34.3 Å². The maximum Gasteiger partial charge on any atom is 0.154 e. The van der Waals surface area contributed by atoms with Gasteiger partial charge in [-0.1, -0.05) is 0 Å². The summed E-state index contributed by atoms with van der Waals surface area (Å²) in [6.45, 7) is 8.01. The Morgan fingerprint density at radius 3 is 2.95 bits per heavy atom. The Balaban J connectivity index is 1.90. The zero-order valence-electron chi connectivity index (χ0n) is 11.7. The molecule has 0 amide bonds. The molecule has 0 bridgehead atoms. The Kier molecular flexibility index (Phi) is 2.97. The lowest BCUT2D eigenvalue weighted by molar-refractivity contribution is 0.677. The number of rotatable bonds is 2. The largest absolute Gasteiger partial charge is 0.351 e. The highest BCUT2D eigenvalue weighted by Crippen LogP contribution is 2.28. The summed E-state index contributed by atoms with van der Waals surface area (Å²) in [4.78, 5) is 2.34. The lowest BCUT2D eigenvalue weighted by atomic mass is 10.0. The van der Waals surface area contributed by atoms with E-state index in [9.17, 15) is 0 Å². The minimum absolute atomic E-state index is 0.861. The van der Waals surface area contributed by atoms with Crippen LogP contribution in [0.15, 0.2) is 6.07 Å². The van der Waals surface area contributed by atoms with E-state index in [1.54, 1.807) is 0 Å². The first-order valence-electron chi connectivity index (χ1n) is 6.73. The number of nitrogens with zero attached hydrogens (tertiary/aromatic N) is 4. The molecule has 0 saturated heterocycles. The predicted molar refractivity (Wildman–Crippen MR) is 74.2 cm³/mol. The Bertz CT molecular complexity index is 602. The highest BCUT2D eigenvalue weighted by molar-refractivity contribution is 5.51. The lowest BCUT2D eigenvalue weighted by Gasteiger charge is -2.28. The molecule has 100 valence electrons. The molecule has 0 unspecified atom stereocenters. The van der Waals surface area contributed by atoms with Crippen molar-refractivity contribution in [1.82, 2.24) is 20.4 Å². The summed E-state index contributed by atoms with van der Waals surface area (Å²) in [5.74, 6) is 1.11. The normalized spacial score (nSPS) is 14.6. The molecule has 5 heteroatoms. The van der Waals surface area contributed by atoms with Crippen LogP contribution < -0.4 is 4.90 Å².